The number of benzene rings is 1. The molecular formula is C20H28N2O2S. The van der Waals surface area contributed by atoms with Gasteiger partial charge in [-0.25, -0.2) is 0 Å². The van der Waals surface area contributed by atoms with Crippen LogP contribution in [0, 0.1) is 0 Å². The molecule has 0 N–H and O–H groups in total. The van der Waals surface area contributed by atoms with Gasteiger partial charge in [0.15, 0.2) is 0 Å². The lowest BCUT2D eigenvalue weighted by molar-refractivity contribution is -0.124. The van der Waals surface area contributed by atoms with Crippen LogP contribution >= 0.6 is 11.8 Å². The first kappa shape index (κ1) is 19.7. The number of amides is 2. The second-order valence-corrected chi connectivity index (χ2v) is 7.68. The fourth-order valence-electron chi connectivity index (χ4n) is 2.84. The summed E-state index contributed by atoms with van der Waals surface area (Å²) in [5, 5.41) is -0.174. The summed E-state index contributed by atoms with van der Waals surface area (Å²) in [7, 11) is 0. The van der Waals surface area contributed by atoms with Gasteiger partial charge in [-0.3, -0.25) is 19.4 Å². The molecule has 0 saturated carbocycles. The zero-order valence-corrected chi connectivity index (χ0v) is 16.4. The minimum atomic E-state index is -0.180. The first-order valence-electron chi connectivity index (χ1n) is 9.03. The predicted octanol–water partition coefficient (Wildman–Crippen LogP) is 4.93. The summed E-state index contributed by atoms with van der Waals surface area (Å²) in [5.74, 6) is 0.296. The van der Waals surface area contributed by atoms with E-state index >= 15 is 0 Å². The Morgan fingerprint density at radius 2 is 1.68 bits per heavy atom. The largest absolute Gasteiger partial charge is 0.294 e. The highest BCUT2D eigenvalue weighted by atomic mass is 32.2. The highest BCUT2D eigenvalue weighted by Gasteiger charge is 2.35. The molecule has 0 aliphatic carbocycles. The van der Waals surface area contributed by atoms with Crippen molar-refractivity contribution in [3.63, 3.8) is 0 Å². The van der Waals surface area contributed by atoms with E-state index in [0.29, 0.717) is 17.5 Å². The summed E-state index contributed by atoms with van der Waals surface area (Å²) in [6, 6.07) is 8.16. The third kappa shape index (κ3) is 5.19. The summed E-state index contributed by atoms with van der Waals surface area (Å²) in [4.78, 5) is 28.9. The van der Waals surface area contributed by atoms with Crippen LogP contribution in [0.15, 0.2) is 29.2 Å². The summed E-state index contributed by atoms with van der Waals surface area (Å²) < 4.78 is 0. The van der Waals surface area contributed by atoms with Gasteiger partial charge in [-0.15, -0.1) is 0 Å². The number of thioether (sulfide) groups is 1. The van der Waals surface area contributed by atoms with E-state index in [1.54, 1.807) is 0 Å². The molecule has 1 aromatic carbocycles. The van der Waals surface area contributed by atoms with E-state index in [9.17, 15) is 9.59 Å². The standard InChI is InChI=1S/C20H28N2O2S/c1-5-11-21(12-6-2)14-22-19(23)18(25-20(22)24)13-16-7-9-17(10-8-16)15(3)4/h7-10,13,15H,5-6,11-12,14H2,1-4H3/b18-13+. The third-order valence-corrected chi connectivity index (χ3v) is 5.10. The Kier molecular flexibility index (Phi) is 7.26. The van der Waals surface area contributed by atoms with Gasteiger partial charge in [0.1, 0.15) is 0 Å². The minimum Gasteiger partial charge on any atom is -0.286 e. The average molecular weight is 361 g/mol. The molecule has 1 saturated heterocycles. The van der Waals surface area contributed by atoms with E-state index in [1.165, 1.54) is 10.5 Å². The first-order chi connectivity index (χ1) is 12.0. The van der Waals surface area contributed by atoms with Crippen molar-refractivity contribution in [3.05, 3.63) is 40.3 Å². The lowest BCUT2D eigenvalue weighted by atomic mass is 10.0. The molecule has 0 unspecified atom stereocenters. The van der Waals surface area contributed by atoms with E-state index in [0.717, 1.165) is 43.3 Å². The molecule has 2 rings (SSSR count). The number of nitrogens with zero attached hydrogens (tertiary/aromatic N) is 2. The van der Waals surface area contributed by atoms with Crippen molar-refractivity contribution < 1.29 is 9.59 Å². The van der Waals surface area contributed by atoms with Gasteiger partial charge in [-0.1, -0.05) is 52.0 Å². The molecule has 1 fully saturated rings. The first-order valence-corrected chi connectivity index (χ1v) is 9.85. The van der Waals surface area contributed by atoms with E-state index in [-0.39, 0.29) is 11.1 Å². The number of imide groups is 1. The summed E-state index contributed by atoms with van der Waals surface area (Å²) in [5.41, 5.74) is 2.22. The number of hydrogen-bond acceptors (Lipinski definition) is 4. The van der Waals surface area contributed by atoms with Gasteiger partial charge in [0.05, 0.1) is 11.6 Å². The zero-order chi connectivity index (χ0) is 18.4. The smallest absolute Gasteiger partial charge is 0.286 e. The molecule has 0 spiro atoms. The SMILES string of the molecule is CCCN(CCC)CN1C(=O)S/C(=C/c2ccc(C(C)C)cc2)C1=O. The average Bonchev–Trinajstić information content (AvgIpc) is 2.83. The van der Waals surface area contributed by atoms with Crippen molar-refractivity contribution in [3.8, 4) is 0 Å². The summed E-state index contributed by atoms with van der Waals surface area (Å²) in [6.07, 6.45) is 3.83. The molecule has 5 heteroatoms. The quantitative estimate of drug-likeness (QED) is 0.617. The maximum Gasteiger partial charge on any atom is 0.294 e. The maximum absolute atomic E-state index is 12.6. The van der Waals surface area contributed by atoms with Crippen molar-refractivity contribution in [1.82, 2.24) is 9.80 Å². The van der Waals surface area contributed by atoms with Gasteiger partial charge in [-0.2, -0.15) is 0 Å². The molecule has 25 heavy (non-hydrogen) atoms. The third-order valence-electron chi connectivity index (χ3n) is 4.20. The van der Waals surface area contributed by atoms with Crippen LogP contribution in [0.3, 0.4) is 0 Å². The summed E-state index contributed by atoms with van der Waals surface area (Å²) in [6.45, 7) is 10.7. The topological polar surface area (TPSA) is 40.6 Å². The van der Waals surface area contributed by atoms with Crippen molar-refractivity contribution in [2.45, 2.75) is 46.5 Å². The Bertz CT molecular complexity index is 632. The van der Waals surface area contributed by atoms with Crippen molar-refractivity contribution in [2.24, 2.45) is 0 Å². The van der Waals surface area contributed by atoms with Crippen LogP contribution in [0.4, 0.5) is 4.79 Å². The summed E-state index contributed by atoms with van der Waals surface area (Å²) >= 11 is 1.04. The van der Waals surface area contributed by atoms with Crippen LogP contribution in [0.2, 0.25) is 0 Å². The van der Waals surface area contributed by atoms with Crippen LogP contribution in [0.5, 0.6) is 0 Å². The van der Waals surface area contributed by atoms with Gasteiger partial charge < -0.3 is 0 Å². The van der Waals surface area contributed by atoms with E-state index in [1.807, 2.05) is 18.2 Å². The Hall–Kier alpha value is -1.59. The highest BCUT2D eigenvalue weighted by molar-refractivity contribution is 8.18. The van der Waals surface area contributed by atoms with Gasteiger partial charge in [-0.05, 0) is 60.8 Å². The van der Waals surface area contributed by atoms with Crippen molar-refractivity contribution in [1.29, 1.82) is 0 Å². The second kappa shape index (κ2) is 9.20. The Labute approximate surface area is 155 Å². The normalized spacial score (nSPS) is 16.7. The molecule has 0 bridgehead atoms. The molecular weight excluding hydrogens is 332 g/mol. The number of rotatable bonds is 8. The maximum atomic E-state index is 12.6. The van der Waals surface area contributed by atoms with Crippen LogP contribution in [0.1, 0.15) is 57.6 Å². The van der Waals surface area contributed by atoms with E-state index in [2.05, 4.69) is 44.7 Å². The van der Waals surface area contributed by atoms with E-state index in [4.69, 9.17) is 0 Å². The Morgan fingerprint density at radius 3 is 2.20 bits per heavy atom. The number of carbonyl (C=O) groups is 2. The number of hydrogen-bond donors (Lipinski definition) is 0. The lowest BCUT2D eigenvalue weighted by Crippen LogP contribution is -2.41. The molecule has 4 nitrogen and oxygen atoms in total. The molecule has 136 valence electrons. The van der Waals surface area contributed by atoms with Crippen molar-refractivity contribution >= 4 is 29.0 Å². The second-order valence-electron chi connectivity index (χ2n) is 6.69. The molecule has 0 atom stereocenters. The Balaban J connectivity index is 2.11. The van der Waals surface area contributed by atoms with Crippen LogP contribution in [0.25, 0.3) is 6.08 Å². The van der Waals surface area contributed by atoms with Crippen LogP contribution in [-0.2, 0) is 4.79 Å². The van der Waals surface area contributed by atoms with Crippen molar-refractivity contribution in [2.75, 3.05) is 19.8 Å². The fraction of sp³-hybridized carbons (Fsp3) is 0.500. The molecule has 2 amide bonds. The number of carbonyl (C=O) groups excluding carboxylic acids is 2. The minimum absolute atomic E-state index is 0.174. The van der Waals surface area contributed by atoms with Gasteiger partial charge in [0, 0.05) is 0 Å². The van der Waals surface area contributed by atoms with Crippen LogP contribution < -0.4 is 0 Å². The molecule has 1 aliphatic rings. The van der Waals surface area contributed by atoms with Crippen LogP contribution in [-0.4, -0.2) is 40.7 Å². The fourth-order valence-corrected chi connectivity index (χ4v) is 3.67. The van der Waals surface area contributed by atoms with Gasteiger partial charge >= 0.3 is 0 Å². The van der Waals surface area contributed by atoms with Gasteiger partial charge in [0.25, 0.3) is 11.1 Å². The lowest BCUT2D eigenvalue weighted by Gasteiger charge is -2.25. The van der Waals surface area contributed by atoms with E-state index < -0.39 is 0 Å². The Morgan fingerprint density at radius 1 is 1.08 bits per heavy atom. The molecule has 1 aromatic rings. The molecule has 0 aromatic heterocycles. The predicted molar refractivity (Wildman–Crippen MR) is 105 cm³/mol. The molecule has 1 aliphatic heterocycles. The molecule has 1 heterocycles. The molecule has 0 radical (unpaired) electrons. The monoisotopic (exact) mass is 360 g/mol. The highest BCUT2D eigenvalue weighted by Crippen LogP contribution is 2.32. The van der Waals surface area contributed by atoms with Gasteiger partial charge in [0.2, 0.25) is 0 Å². The zero-order valence-electron chi connectivity index (χ0n) is 15.6.